The van der Waals surface area contributed by atoms with Gasteiger partial charge in [0.15, 0.2) is 0 Å². The fourth-order valence-corrected chi connectivity index (χ4v) is 9.27. The maximum atomic E-state index is 13.5. The number of imide groups is 1. The van der Waals surface area contributed by atoms with Crippen molar-refractivity contribution in [3.8, 4) is 5.88 Å². The monoisotopic (exact) mass is 899 g/mol. The Hall–Kier alpha value is -6.82. The minimum atomic E-state index is -0.639. The number of rotatable bonds is 8. The zero-order chi connectivity index (χ0) is 46.1. The first kappa shape index (κ1) is 44.4. The fourth-order valence-electron chi connectivity index (χ4n) is 9.27. The van der Waals surface area contributed by atoms with Crippen molar-refractivity contribution >= 4 is 58.4 Å². The average molecular weight is 900 g/mol. The standard InChI is InChI=1S/C48H57N11O7/c1-31-39(28-49-44-42(31)59(25-26-65-44)47(64)66-48(2,3)4)58-16-15-34-27-50-46(52-38(34)29-58)51-35-9-5-33(6-10-35)45(63)57-23-21-56(22-24-57)41(61)30-54-17-19-55(20-18-54)36-11-7-32(8-12-36)37-13-14-40(60)53-43(37)62/h5-12,27-28,37H,13-26,29-30H2,1-4H3,(H,50,51,52)(H,53,60,62). The number of nitrogens with one attached hydrogen (secondary N) is 2. The smallest absolute Gasteiger partial charge is 0.415 e. The van der Waals surface area contributed by atoms with Crippen molar-refractivity contribution in [1.29, 1.82) is 0 Å². The Kier molecular flexibility index (Phi) is 12.5. The summed E-state index contributed by atoms with van der Waals surface area (Å²) in [5.74, 6) is 0.106. The topological polar surface area (TPSA) is 186 Å². The van der Waals surface area contributed by atoms with E-state index in [9.17, 15) is 24.0 Å². The molecule has 7 heterocycles. The molecule has 5 aliphatic heterocycles. The van der Waals surface area contributed by atoms with E-state index in [2.05, 4.69) is 35.3 Å². The molecule has 5 aliphatic rings. The summed E-state index contributed by atoms with van der Waals surface area (Å²) in [6, 6.07) is 15.3. The molecule has 5 amide bonds. The predicted molar refractivity (Wildman–Crippen MR) is 247 cm³/mol. The molecule has 9 rings (SSSR count). The van der Waals surface area contributed by atoms with Gasteiger partial charge in [-0.1, -0.05) is 12.1 Å². The highest BCUT2D eigenvalue weighted by atomic mass is 16.6. The Morgan fingerprint density at radius 3 is 2.27 bits per heavy atom. The van der Waals surface area contributed by atoms with E-state index < -0.39 is 11.7 Å². The van der Waals surface area contributed by atoms with E-state index in [1.807, 2.05) is 75.2 Å². The largest absolute Gasteiger partial charge is 0.474 e. The van der Waals surface area contributed by atoms with Crippen LogP contribution in [0, 0.1) is 6.92 Å². The Morgan fingerprint density at radius 1 is 0.833 bits per heavy atom. The third-order valence-electron chi connectivity index (χ3n) is 12.9. The number of anilines is 5. The molecule has 0 saturated carbocycles. The maximum Gasteiger partial charge on any atom is 0.415 e. The van der Waals surface area contributed by atoms with Crippen LogP contribution in [0.15, 0.2) is 60.9 Å². The zero-order valence-electron chi connectivity index (χ0n) is 38.0. The van der Waals surface area contributed by atoms with Gasteiger partial charge in [0, 0.05) is 94.0 Å². The van der Waals surface area contributed by atoms with Crippen LogP contribution in [0.3, 0.4) is 0 Å². The van der Waals surface area contributed by atoms with Gasteiger partial charge in [0.25, 0.3) is 5.91 Å². The Bertz CT molecular complexity index is 2500. The molecule has 18 heteroatoms. The maximum absolute atomic E-state index is 13.5. The van der Waals surface area contributed by atoms with Gasteiger partial charge in [-0.3, -0.25) is 34.3 Å². The van der Waals surface area contributed by atoms with Crippen LogP contribution >= 0.6 is 0 Å². The van der Waals surface area contributed by atoms with E-state index in [1.165, 1.54) is 0 Å². The van der Waals surface area contributed by atoms with Crippen LogP contribution < -0.4 is 30.1 Å². The third-order valence-corrected chi connectivity index (χ3v) is 12.9. The first-order chi connectivity index (χ1) is 31.8. The molecule has 0 spiro atoms. The van der Waals surface area contributed by atoms with Gasteiger partial charge in [0.2, 0.25) is 29.5 Å². The molecule has 3 fully saturated rings. The molecule has 4 aromatic rings. The molecular weight excluding hydrogens is 843 g/mol. The summed E-state index contributed by atoms with van der Waals surface area (Å²) < 4.78 is 11.6. The molecule has 0 radical (unpaired) electrons. The summed E-state index contributed by atoms with van der Waals surface area (Å²) in [7, 11) is 0. The van der Waals surface area contributed by atoms with Gasteiger partial charge in [-0.25, -0.2) is 19.7 Å². The van der Waals surface area contributed by atoms with Gasteiger partial charge in [-0.2, -0.15) is 0 Å². The first-order valence-corrected chi connectivity index (χ1v) is 22.8. The summed E-state index contributed by atoms with van der Waals surface area (Å²) in [6.45, 7) is 14.8. The number of piperidine rings is 1. The fraction of sp³-hybridized carbons (Fsp3) is 0.458. The minimum Gasteiger partial charge on any atom is -0.474 e. The molecule has 3 saturated heterocycles. The number of fused-ring (bicyclic) bond motifs is 2. The van der Waals surface area contributed by atoms with Gasteiger partial charge < -0.3 is 34.4 Å². The van der Waals surface area contributed by atoms with Crippen molar-refractivity contribution < 1.29 is 33.4 Å². The molecule has 2 aromatic carbocycles. The second-order valence-electron chi connectivity index (χ2n) is 18.5. The summed E-state index contributed by atoms with van der Waals surface area (Å²) in [4.78, 5) is 89.9. The van der Waals surface area contributed by atoms with E-state index >= 15 is 0 Å². The minimum absolute atomic E-state index is 0.0733. The molecule has 0 bridgehead atoms. The van der Waals surface area contributed by atoms with Crippen molar-refractivity contribution in [1.82, 2.24) is 35.0 Å². The number of pyridine rings is 1. The molecule has 2 aromatic heterocycles. The first-order valence-electron chi connectivity index (χ1n) is 22.8. The van der Waals surface area contributed by atoms with Crippen molar-refractivity contribution in [3.63, 3.8) is 0 Å². The van der Waals surface area contributed by atoms with E-state index in [0.29, 0.717) is 88.3 Å². The molecule has 1 atom stereocenters. The van der Waals surface area contributed by atoms with Gasteiger partial charge in [0.1, 0.15) is 17.9 Å². The van der Waals surface area contributed by atoms with Gasteiger partial charge in [-0.15, -0.1) is 0 Å². The molecule has 1 unspecified atom stereocenters. The van der Waals surface area contributed by atoms with E-state index in [1.54, 1.807) is 28.1 Å². The number of aromatic nitrogens is 3. The average Bonchev–Trinajstić information content (AvgIpc) is 3.31. The van der Waals surface area contributed by atoms with E-state index in [-0.39, 0.29) is 29.5 Å². The van der Waals surface area contributed by atoms with Crippen LogP contribution in [0.2, 0.25) is 0 Å². The quantitative estimate of drug-likeness (QED) is 0.239. The lowest BCUT2D eigenvalue weighted by atomic mass is 9.90. The molecule has 346 valence electrons. The molecular formula is C48H57N11O7. The second kappa shape index (κ2) is 18.6. The summed E-state index contributed by atoms with van der Waals surface area (Å²) in [5.41, 5.74) is 7.00. The number of piperazine rings is 2. The lowest BCUT2D eigenvalue weighted by Gasteiger charge is -2.38. The van der Waals surface area contributed by atoms with Crippen LogP contribution in [0.1, 0.15) is 72.3 Å². The summed E-state index contributed by atoms with van der Waals surface area (Å²) in [6.07, 6.45) is 4.84. The lowest BCUT2D eigenvalue weighted by molar-refractivity contribution is -0.135. The summed E-state index contributed by atoms with van der Waals surface area (Å²) in [5, 5.41) is 5.73. The number of carbonyl (C=O) groups excluding carboxylic acids is 5. The molecule has 0 aliphatic carbocycles. The van der Waals surface area contributed by atoms with Crippen LogP contribution in [-0.2, 0) is 32.1 Å². The Labute approximate surface area is 384 Å². The number of hydrogen-bond donors (Lipinski definition) is 2. The van der Waals surface area contributed by atoms with Crippen LogP contribution in [0.4, 0.5) is 33.5 Å². The van der Waals surface area contributed by atoms with Gasteiger partial charge in [0.05, 0.1) is 43.1 Å². The van der Waals surface area contributed by atoms with Crippen molar-refractivity contribution in [3.05, 3.63) is 88.9 Å². The van der Waals surface area contributed by atoms with Crippen molar-refractivity contribution in [2.75, 3.05) is 98.6 Å². The predicted octanol–water partition coefficient (Wildman–Crippen LogP) is 4.25. The number of hydrogen-bond acceptors (Lipinski definition) is 14. The second-order valence-corrected chi connectivity index (χ2v) is 18.5. The van der Waals surface area contributed by atoms with Gasteiger partial charge >= 0.3 is 6.09 Å². The molecule has 18 nitrogen and oxygen atoms in total. The zero-order valence-corrected chi connectivity index (χ0v) is 38.0. The van der Waals surface area contributed by atoms with Gasteiger partial charge in [-0.05, 0) is 88.1 Å². The number of benzene rings is 2. The van der Waals surface area contributed by atoms with Crippen LogP contribution in [0.5, 0.6) is 5.88 Å². The van der Waals surface area contributed by atoms with E-state index in [0.717, 1.165) is 78.6 Å². The number of carbonyl (C=O) groups is 5. The van der Waals surface area contributed by atoms with Crippen molar-refractivity contribution in [2.45, 2.75) is 65.0 Å². The summed E-state index contributed by atoms with van der Waals surface area (Å²) >= 11 is 0. The number of amides is 5. The highest BCUT2D eigenvalue weighted by molar-refractivity contribution is 6.01. The molecule has 2 N–H and O–H groups in total. The van der Waals surface area contributed by atoms with E-state index in [4.69, 9.17) is 14.5 Å². The number of ether oxygens (including phenoxy) is 2. The lowest BCUT2D eigenvalue weighted by Crippen LogP contribution is -2.54. The highest BCUT2D eigenvalue weighted by Crippen LogP contribution is 2.40. The normalized spacial score (nSPS) is 19.1. The molecule has 66 heavy (non-hydrogen) atoms. The Balaban J connectivity index is 0.738. The van der Waals surface area contributed by atoms with Crippen molar-refractivity contribution in [2.24, 2.45) is 0 Å². The number of nitrogens with zero attached hydrogens (tertiary/aromatic N) is 9. The van der Waals surface area contributed by atoms with Crippen LogP contribution in [0.25, 0.3) is 0 Å². The SMILES string of the molecule is Cc1c(N2CCc3cnc(Nc4ccc(C(=O)N5CCN(C(=O)CN6CCN(c7ccc(C8CCC(=O)NC8=O)cc7)CC6)CC5)cc4)nc3C2)cnc2c1N(C(=O)OC(C)(C)C)CCO2. The van der Waals surface area contributed by atoms with Crippen LogP contribution in [-0.4, -0.2) is 144 Å². The highest BCUT2D eigenvalue weighted by Gasteiger charge is 2.34. The third kappa shape index (κ3) is 9.73. The Morgan fingerprint density at radius 2 is 1.56 bits per heavy atom.